The summed E-state index contributed by atoms with van der Waals surface area (Å²) < 4.78 is 2.13. The van der Waals surface area contributed by atoms with Crippen molar-refractivity contribution in [3.05, 3.63) is 35.0 Å². The highest BCUT2D eigenvalue weighted by Gasteiger charge is 2.23. The quantitative estimate of drug-likeness (QED) is 0.763. The molecule has 0 atom stereocenters. The zero-order valence-electron chi connectivity index (χ0n) is 14.1. The molecular formula is C18H26N2O3. The largest absolute Gasteiger partial charge is 0.478 e. The lowest BCUT2D eigenvalue weighted by Crippen LogP contribution is -2.15. The molecule has 1 aromatic carbocycles. The van der Waals surface area contributed by atoms with Crippen molar-refractivity contribution in [3.63, 3.8) is 0 Å². The number of nitrogens with zero attached hydrogens (tertiary/aromatic N) is 1. The van der Waals surface area contributed by atoms with Gasteiger partial charge in [0.25, 0.3) is 0 Å². The molecule has 5 heteroatoms. The van der Waals surface area contributed by atoms with Crippen LogP contribution in [0.15, 0.2) is 18.3 Å². The summed E-state index contributed by atoms with van der Waals surface area (Å²) in [6.07, 6.45) is 3.42. The number of aromatic nitrogens is 1. The average Bonchev–Trinajstić information content (AvgIpc) is 2.81. The molecule has 0 aliphatic carbocycles. The van der Waals surface area contributed by atoms with Crippen LogP contribution in [0.4, 0.5) is 0 Å². The number of benzene rings is 1. The van der Waals surface area contributed by atoms with E-state index in [9.17, 15) is 9.90 Å². The highest BCUT2D eigenvalue weighted by molar-refractivity contribution is 5.97. The van der Waals surface area contributed by atoms with Crippen molar-refractivity contribution in [2.75, 3.05) is 13.2 Å². The van der Waals surface area contributed by atoms with Gasteiger partial charge in [-0.1, -0.05) is 20.8 Å². The lowest BCUT2D eigenvalue weighted by molar-refractivity contribution is 0.0697. The van der Waals surface area contributed by atoms with E-state index in [-0.39, 0.29) is 12.0 Å². The van der Waals surface area contributed by atoms with E-state index in [2.05, 4.69) is 25.3 Å². The molecule has 0 spiro atoms. The molecule has 1 aromatic heterocycles. The fourth-order valence-electron chi connectivity index (χ4n) is 2.98. The first kappa shape index (κ1) is 17.5. The van der Waals surface area contributed by atoms with Gasteiger partial charge < -0.3 is 20.5 Å². The van der Waals surface area contributed by atoms with Crippen LogP contribution in [0.5, 0.6) is 0 Å². The Bertz CT molecular complexity index is 711. The second kappa shape index (κ2) is 6.72. The number of carboxylic acids is 1. The number of aryl methyl sites for hydroxylation is 1. The van der Waals surface area contributed by atoms with Crippen LogP contribution in [0.2, 0.25) is 0 Å². The van der Waals surface area contributed by atoms with Gasteiger partial charge in [-0.25, -0.2) is 4.79 Å². The van der Waals surface area contributed by atoms with Gasteiger partial charge in [-0.05, 0) is 48.1 Å². The number of rotatable bonds is 6. The number of carboxylic acid groups (broad SMARTS) is 1. The molecule has 1 heterocycles. The van der Waals surface area contributed by atoms with Crippen LogP contribution in [0.1, 0.15) is 48.7 Å². The van der Waals surface area contributed by atoms with Crippen molar-refractivity contribution >= 4 is 16.9 Å². The number of aliphatic hydroxyl groups excluding tert-OH is 1. The van der Waals surface area contributed by atoms with E-state index in [0.29, 0.717) is 31.5 Å². The van der Waals surface area contributed by atoms with Crippen molar-refractivity contribution < 1.29 is 15.0 Å². The van der Waals surface area contributed by atoms with Crippen molar-refractivity contribution in [2.24, 2.45) is 5.73 Å². The minimum absolute atomic E-state index is 0.129. The highest BCUT2D eigenvalue weighted by atomic mass is 16.4. The molecule has 0 unspecified atom stereocenters. The lowest BCUT2D eigenvalue weighted by Gasteiger charge is -2.22. The van der Waals surface area contributed by atoms with E-state index in [1.807, 2.05) is 6.20 Å². The summed E-state index contributed by atoms with van der Waals surface area (Å²) in [6, 6.07) is 3.51. The molecule has 0 saturated heterocycles. The molecule has 0 amide bonds. The molecule has 2 aromatic rings. The van der Waals surface area contributed by atoms with Crippen LogP contribution < -0.4 is 5.73 Å². The number of aliphatic hydroxyl groups is 1. The van der Waals surface area contributed by atoms with Crippen molar-refractivity contribution in [1.29, 1.82) is 0 Å². The predicted molar refractivity (Wildman–Crippen MR) is 92.1 cm³/mol. The standard InChI is InChI=1S/C18H26N2O3/c1-18(2,3)15-10-13(17(22)23)9-14-12(5-6-19)11-20(16(14)15)7-4-8-21/h9-11,21H,4-8,19H2,1-3H3,(H,22,23). The minimum Gasteiger partial charge on any atom is -0.478 e. The molecule has 23 heavy (non-hydrogen) atoms. The van der Waals surface area contributed by atoms with Crippen LogP contribution in [-0.2, 0) is 18.4 Å². The first-order valence-electron chi connectivity index (χ1n) is 8.00. The number of hydrogen-bond donors (Lipinski definition) is 3. The second-order valence-corrected chi connectivity index (χ2v) is 6.94. The summed E-state index contributed by atoms with van der Waals surface area (Å²) in [7, 11) is 0. The molecule has 0 bridgehead atoms. The Kier molecular flexibility index (Phi) is 5.12. The third-order valence-corrected chi connectivity index (χ3v) is 4.08. The fourth-order valence-corrected chi connectivity index (χ4v) is 2.98. The third-order valence-electron chi connectivity index (χ3n) is 4.08. The zero-order valence-corrected chi connectivity index (χ0v) is 14.1. The summed E-state index contributed by atoms with van der Waals surface area (Å²) in [5, 5.41) is 19.5. The number of aromatic carboxylic acids is 1. The van der Waals surface area contributed by atoms with E-state index in [0.717, 1.165) is 22.0 Å². The normalized spacial score (nSPS) is 12.0. The Hall–Kier alpha value is -1.85. The van der Waals surface area contributed by atoms with Gasteiger partial charge in [-0.2, -0.15) is 0 Å². The Morgan fingerprint density at radius 2 is 2.00 bits per heavy atom. The van der Waals surface area contributed by atoms with Gasteiger partial charge in [0, 0.05) is 24.7 Å². The number of fused-ring (bicyclic) bond motifs is 1. The smallest absolute Gasteiger partial charge is 0.335 e. The first-order chi connectivity index (χ1) is 10.8. The molecule has 0 aliphatic heterocycles. The third kappa shape index (κ3) is 3.57. The topological polar surface area (TPSA) is 88.5 Å². The predicted octanol–water partition coefficient (Wildman–Crippen LogP) is 2.52. The van der Waals surface area contributed by atoms with E-state index < -0.39 is 5.97 Å². The SMILES string of the molecule is CC(C)(C)c1cc(C(=O)O)cc2c(CCN)cn(CCCO)c12. The minimum atomic E-state index is -0.917. The van der Waals surface area contributed by atoms with Gasteiger partial charge in [-0.15, -0.1) is 0 Å². The van der Waals surface area contributed by atoms with Crippen LogP contribution in [0.25, 0.3) is 10.9 Å². The van der Waals surface area contributed by atoms with Crippen molar-refractivity contribution in [2.45, 2.75) is 45.6 Å². The Labute approximate surface area is 136 Å². The molecule has 0 fully saturated rings. The van der Waals surface area contributed by atoms with E-state index in [1.54, 1.807) is 12.1 Å². The lowest BCUT2D eigenvalue weighted by atomic mass is 9.84. The van der Waals surface area contributed by atoms with E-state index in [4.69, 9.17) is 10.8 Å². The van der Waals surface area contributed by atoms with Crippen LogP contribution in [0.3, 0.4) is 0 Å². The fraction of sp³-hybridized carbons (Fsp3) is 0.500. The van der Waals surface area contributed by atoms with Gasteiger partial charge in [-0.3, -0.25) is 0 Å². The Morgan fingerprint density at radius 1 is 1.30 bits per heavy atom. The van der Waals surface area contributed by atoms with Crippen LogP contribution >= 0.6 is 0 Å². The molecule has 126 valence electrons. The number of nitrogens with two attached hydrogens (primary N) is 1. The van der Waals surface area contributed by atoms with E-state index >= 15 is 0 Å². The number of carbonyl (C=O) groups is 1. The molecule has 5 nitrogen and oxygen atoms in total. The summed E-state index contributed by atoms with van der Waals surface area (Å²) in [4.78, 5) is 11.5. The van der Waals surface area contributed by atoms with Crippen molar-refractivity contribution in [3.8, 4) is 0 Å². The maximum Gasteiger partial charge on any atom is 0.335 e. The maximum atomic E-state index is 11.5. The summed E-state index contributed by atoms with van der Waals surface area (Å²) in [5.41, 5.74) is 8.97. The Balaban J connectivity index is 2.79. The molecule has 0 aliphatic rings. The second-order valence-electron chi connectivity index (χ2n) is 6.94. The van der Waals surface area contributed by atoms with Gasteiger partial charge in [0.15, 0.2) is 0 Å². The number of hydrogen-bond acceptors (Lipinski definition) is 3. The monoisotopic (exact) mass is 318 g/mol. The maximum absolute atomic E-state index is 11.5. The van der Waals surface area contributed by atoms with Gasteiger partial charge in [0.2, 0.25) is 0 Å². The molecule has 2 rings (SSSR count). The van der Waals surface area contributed by atoms with Gasteiger partial charge >= 0.3 is 5.97 Å². The summed E-state index contributed by atoms with van der Waals surface area (Å²) in [6.45, 7) is 7.59. The molecular weight excluding hydrogens is 292 g/mol. The average molecular weight is 318 g/mol. The zero-order chi connectivity index (χ0) is 17.2. The summed E-state index contributed by atoms with van der Waals surface area (Å²) >= 11 is 0. The van der Waals surface area contributed by atoms with Gasteiger partial charge in [0.1, 0.15) is 0 Å². The highest BCUT2D eigenvalue weighted by Crippen LogP contribution is 2.34. The molecule has 0 radical (unpaired) electrons. The molecule has 4 N–H and O–H groups in total. The first-order valence-corrected chi connectivity index (χ1v) is 8.00. The summed E-state index contributed by atoms with van der Waals surface area (Å²) in [5.74, 6) is -0.917. The van der Waals surface area contributed by atoms with Crippen molar-refractivity contribution in [1.82, 2.24) is 4.57 Å². The van der Waals surface area contributed by atoms with Crippen LogP contribution in [0, 0.1) is 0 Å². The van der Waals surface area contributed by atoms with Gasteiger partial charge in [0.05, 0.1) is 11.1 Å². The molecule has 0 saturated carbocycles. The van der Waals surface area contributed by atoms with Crippen LogP contribution in [-0.4, -0.2) is 33.9 Å². The Morgan fingerprint density at radius 3 is 2.52 bits per heavy atom. The van der Waals surface area contributed by atoms with E-state index in [1.165, 1.54) is 0 Å².